The highest BCUT2D eigenvalue weighted by molar-refractivity contribution is 5.90. The van der Waals surface area contributed by atoms with Gasteiger partial charge in [0.25, 0.3) is 5.69 Å². The largest absolute Gasteiger partial charge is 0.356 e. The van der Waals surface area contributed by atoms with Crippen molar-refractivity contribution in [3.05, 3.63) is 39.9 Å². The highest BCUT2D eigenvalue weighted by Crippen LogP contribution is 2.42. The highest BCUT2D eigenvalue weighted by Gasteiger charge is 2.49. The number of nitro benzene ring substituents is 1. The van der Waals surface area contributed by atoms with Gasteiger partial charge in [0.1, 0.15) is 12.2 Å². The Morgan fingerprint density at radius 2 is 1.83 bits per heavy atom. The second kappa shape index (κ2) is 4.17. The van der Waals surface area contributed by atoms with Crippen molar-refractivity contribution in [2.45, 2.75) is 33.0 Å². The molecule has 2 rings (SSSR count). The van der Waals surface area contributed by atoms with Gasteiger partial charge in [-0.1, -0.05) is 20.8 Å². The number of carbonyl (C=O) groups is 1. The second-order valence-corrected chi connectivity index (χ2v) is 5.44. The topological polar surface area (TPSA) is 72.7 Å². The van der Waals surface area contributed by atoms with Crippen molar-refractivity contribution >= 4 is 11.5 Å². The van der Waals surface area contributed by atoms with Gasteiger partial charge in [-0.2, -0.15) is 0 Å². The average molecular weight is 249 g/mol. The third-order valence-corrected chi connectivity index (χ3v) is 2.92. The number of hydrogen-bond donors (Lipinski definition) is 0. The Bertz CT molecular complexity index is 487. The summed E-state index contributed by atoms with van der Waals surface area (Å²) in [6.45, 7) is 5.55. The molecule has 5 heteroatoms. The number of epoxide rings is 1. The number of nitro groups is 1. The lowest BCUT2D eigenvalue weighted by atomic mass is 9.87. The second-order valence-electron chi connectivity index (χ2n) is 5.44. The molecule has 0 aromatic heterocycles. The van der Waals surface area contributed by atoms with Gasteiger partial charge in [0.2, 0.25) is 0 Å². The molecule has 1 fully saturated rings. The highest BCUT2D eigenvalue weighted by atomic mass is 16.6. The fourth-order valence-electron chi connectivity index (χ4n) is 1.78. The Kier molecular flexibility index (Phi) is 2.94. The minimum atomic E-state index is -0.449. The van der Waals surface area contributed by atoms with E-state index in [9.17, 15) is 14.9 Å². The molecular formula is C13H15NO4. The lowest BCUT2D eigenvalue weighted by Gasteiger charge is -2.14. The number of rotatable bonds is 3. The van der Waals surface area contributed by atoms with Gasteiger partial charge in [-0.05, 0) is 17.7 Å². The molecule has 1 heterocycles. The van der Waals surface area contributed by atoms with Crippen molar-refractivity contribution in [2.75, 3.05) is 0 Å². The maximum Gasteiger partial charge on any atom is 0.269 e. The maximum atomic E-state index is 12.0. The molecular weight excluding hydrogens is 234 g/mol. The zero-order valence-electron chi connectivity index (χ0n) is 10.5. The number of ketones is 1. The van der Waals surface area contributed by atoms with Crippen LogP contribution in [-0.4, -0.2) is 16.8 Å². The van der Waals surface area contributed by atoms with Gasteiger partial charge in [-0.3, -0.25) is 14.9 Å². The van der Waals surface area contributed by atoms with Crippen molar-refractivity contribution < 1.29 is 14.5 Å². The van der Waals surface area contributed by atoms with E-state index >= 15 is 0 Å². The zero-order valence-corrected chi connectivity index (χ0v) is 10.5. The van der Waals surface area contributed by atoms with Crippen LogP contribution in [0.15, 0.2) is 24.3 Å². The molecule has 1 aliphatic rings. The van der Waals surface area contributed by atoms with Crippen LogP contribution in [-0.2, 0) is 9.53 Å². The van der Waals surface area contributed by atoms with Crippen molar-refractivity contribution in [1.82, 2.24) is 0 Å². The van der Waals surface area contributed by atoms with E-state index in [0.29, 0.717) is 0 Å². The first-order chi connectivity index (χ1) is 8.30. The van der Waals surface area contributed by atoms with E-state index in [0.717, 1.165) is 5.56 Å². The fourth-order valence-corrected chi connectivity index (χ4v) is 1.78. The monoisotopic (exact) mass is 249 g/mol. The molecule has 1 saturated heterocycles. The van der Waals surface area contributed by atoms with E-state index in [1.54, 1.807) is 12.1 Å². The Morgan fingerprint density at radius 3 is 2.28 bits per heavy atom. The van der Waals surface area contributed by atoms with Crippen LogP contribution in [0.4, 0.5) is 5.69 Å². The molecule has 96 valence electrons. The number of benzene rings is 1. The van der Waals surface area contributed by atoms with Crippen LogP contribution in [0.1, 0.15) is 32.4 Å². The van der Waals surface area contributed by atoms with Crippen LogP contribution in [0.3, 0.4) is 0 Å². The van der Waals surface area contributed by atoms with E-state index in [4.69, 9.17) is 4.74 Å². The van der Waals surface area contributed by atoms with E-state index in [1.165, 1.54) is 12.1 Å². The van der Waals surface area contributed by atoms with Crippen LogP contribution in [0.5, 0.6) is 0 Å². The lowest BCUT2D eigenvalue weighted by Crippen LogP contribution is -2.25. The molecule has 0 N–H and O–H groups in total. The Morgan fingerprint density at radius 1 is 1.28 bits per heavy atom. The van der Waals surface area contributed by atoms with Gasteiger partial charge in [0, 0.05) is 17.5 Å². The van der Waals surface area contributed by atoms with E-state index in [-0.39, 0.29) is 17.6 Å². The van der Waals surface area contributed by atoms with E-state index < -0.39 is 16.4 Å². The summed E-state index contributed by atoms with van der Waals surface area (Å²) in [7, 11) is 0. The molecule has 0 aliphatic carbocycles. The molecule has 0 bridgehead atoms. The Balaban J connectivity index is 2.08. The number of non-ortho nitro benzene ring substituents is 1. The molecule has 2 atom stereocenters. The molecule has 1 aromatic carbocycles. The van der Waals surface area contributed by atoms with Gasteiger partial charge in [0.15, 0.2) is 5.78 Å². The molecule has 0 spiro atoms. The van der Waals surface area contributed by atoms with Gasteiger partial charge in [0.05, 0.1) is 4.92 Å². The zero-order chi connectivity index (χ0) is 13.5. The normalized spacial score (nSPS) is 22.6. The van der Waals surface area contributed by atoms with Crippen molar-refractivity contribution in [2.24, 2.45) is 5.41 Å². The first kappa shape index (κ1) is 12.7. The molecule has 0 unspecified atom stereocenters. The summed E-state index contributed by atoms with van der Waals surface area (Å²) in [6.07, 6.45) is -0.663. The summed E-state index contributed by atoms with van der Waals surface area (Å²) in [5, 5.41) is 10.5. The minimum Gasteiger partial charge on any atom is -0.356 e. The van der Waals surface area contributed by atoms with Crippen LogP contribution in [0.25, 0.3) is 0 Å². The summed E-state index contributed by atoms with van der Waals surface area (Å²) >= 11 is 0. The van der Waals surface area contributed by atoms with Crippen LogP contribution in [0.2, 0.25) is 0 Å². The Labute approximate surface area is 105 Å². The first-order valence-corrected chi connectivity index (χ1v) is 5.75. The van der Waals surface area contributed by atoms with Gasteiger partial charge in [-0.25, -0.2) is 0 Å². The standard InChI is InChI=1S/C13H15NO4/c1-13(2,3)12(15)11-10(18-11)8-4-6-9(7-5-8)14(16)17/h4-7,10-11H,1-3H3/t10-,11+/m0/s1. The number of carbonyl (C=O) groups excluding carboxylic acids is 1. The van der Waals surface area contributed by atoms with Crippen molar-refractivity contribution in [3.63, 3.8) is 0 Å². The maximum absolute atomic E-state index is 12.0. The predicted octanol–water partition coefficient (Wildman–Crippen LogP) is 2.65. The smallest absolute Gasteiger partial charge is 0.269 e. The first-order valence-electron chi connectivity index (χ1n) is 5.75. The minimum absolute atomic E-state index is 0.0399. The molecule has 18 heavy (non-hydrogen) atoms. The SMILES string of the molecule is CC(C)(C)C(=O)[C@@H]1O[C@H]1c1ccc([N+](=O)[O-])cc1. The summed E-state index contributed by atoms with van der Waals surface area (Å²) in [5.74, 6) is 0.0610. The van der Waals surface area contributed by atoms with Crippen LogP contribution < -0.4 is 0 Å². The number of ether oxygens (including phenoxy) is 1. The van der Waals surface area contributed by atoms with Gasteiger partial charge >= 0.3 is 0 Å². The van der Waals surface area contributed by atoms with Gasteiger partial charge in [-0.15, -0.1) is 0 Å². The third-order valence-electron chi connectivity index (χ3n) is 2.92. The molecule has 0 amide bonds. The van der Waals surface area contributed by atoms with Crippen molar-refractivity contribution in [1.29, 1.82) is 0 Å². The van der Waals surface area contributed by atoms with E-state index in [1.807, 2.05) is 20.8 Å². The molecule has 1 aromatic rings. The molecule has 5 nitrogen and oxygen atoms in total. The predicted molar refractivity (Wildman–Crippen MR) is 65.2 cm³/mol. The number of nitrogens with zero attached hydrogens (tertiary/aromatic N) is 1. The van der Waals surface area contributed by atoms with Gasteiger partial charge < -0.3 is 4.74 Å². The third kappa shape index (κ3) is 2.41. The lowest BCUT2D eigenvalue weighted by molar-refractivity contribution is -0.384. The summed E-state index contributed by atoms with van der Waals surface area (Å²) in [6, 6.07) is 6.13. The quantitative estimate of drug-likeness (QED) is 0.469. The summed E-state index contributed by atoms with van der Waals surface area (Å²) < 4.78 is 5.37. The molecule has 0 saturated carbocycles. The molecule has 0 radical (unpaired) electrons. The Hall–Kier alpha value is -1.75. The molecule has 1 aliphatic heterocycles. The average Bonchev–Trinajstić information content (AvgIpc) is 3.06. The number of Topliss-reactive ketones (excluding diaryl/α,β-unsaturated/α-hetero) is 1. The van der Waals surface area contributed by atoms with Crippen LogP contribution in [0, 0.1) is 15.5 Å². The summed E-state index contributed by atoms with van der Waals surface area (Å²) in [5.41, 5.74) is 0.418. The van der Waals surface area contributed by atoms with E-state index in [2.05, 4.69) is 0 Å². The van der Waals surface area contributed by atoms with Crippen LogP contribution >= 0.6 is 0 Å². The van der Waals surface area contributed by atoms with Crippen molar-refractivity contribution in [3.8, 4) is 0 Å². The number of hydrogen-bond acceptors (Lipinski definition) is 4. The summed E-state index contributed by atoms with van der Waals surface area (Å²) in [4.78, 5) is 22.0. The fraction of sp³-hybridized carbons (Fsp3) is 0.462.